The van der Waals surface area contributed by atoms with Gasteiger partial charge in [0, 0.05) is 35.4 Å². The van der Waals surface area contributed by atoms with E-state index >= 15 is 0 Å². The highest BCUT2D eigenvalue weighted by molar-refractivity contribution is 9.10. The zero-order valence-corrected chi connectivity index (χ0v) is 12.7. The lowest BCUT2D eigenvalue weighted by atomic mass is 10.2. The molecule has 5 heteroatoms. The molecule has 0 unspecified atom stereocenters. The fraction of sp³-hybridized carbons (Fsp3) is 0.214. The molecule has 0 spiro atoms. The molecule has 0 saturated carbocycles. The summed E-state index contributed by atoms with van der Waals surface area (Å²) in [6.07, 6.45) is 1.71. The van der Waals surface area contributed by atoms with Crippen molar-refractivity contribution in [2.45, 2.75) is 12.4 Å². The van der Waals surface area contributed by atoms with Gasteiger partial charge < -0.3 is 4.90 Å². The van der Waals surface area contributed by atoms with Crippen LogP contribution in [0.3, 0.4) is 0 Å². The largest absolute Gasteiger partial charge is 0.355 e. The van der Waals surface area contributed by atoms with Crippen molar-refractivity contribution >= 4 is 33.3 Å². The van der Waals surface area contributed by atoms with Crippen LogP contribution in [0.25, 0.3) is 0 Å². The molecular weight excluding hydrogens is 331 g/mol. The number of pyridine rings is 1. The first-order valence-electron chi connectivity index (χ1n) is 5.76. The Labute approximate surface area is 125 Å². The van der Waals surface area contributed by atoms with Crippen molar-refractivity contribution in [3.63, 3.8) is 0 Å². The third-order valence-electron chi connectivity index (χ3n) is 2.78. The van der Waals surface area contributed by atoms with Crippen LogP contribution in [-0.4, -0.2) is 12.0 Å². The van der Waals surface area contributed by atoms with Gasteiger partial charge in [-0.2, -0.15) is 0 Å². The molecule has 0 amide bonds. The lowest BCUT2D eigenvalue weighted by Gasteiger charge is -2.21. The molecular formula is C14H13BrClFN2. The van der Waals surface area contributed by atoms with Crippen LogP contribution < -0.4 is 4.90 Å². The fourth-order valence-electron chi connectivity index (χ4n) is 1.87. The zero-order valence-electron chi connectivity index (χ0n) is 10.4. The van der Waals surface area contributed by atoms with Crippen LogP contribution in [0.4, 0.5) is 10.2 Å². The number of hydrogen-bond donors (Lipinski definition) is 0. The average Bonchev–Trinajstić information content (AvgIpc) is 2.41. The number of hydrogen-bond acceptors (Lipinski definition) is 2. The normalized spacial score (nSPS) is 10.5. The Balaban J connectivity index is 2.25. The Morgan fingerprint density at radius 3 is 2.74 bits per heavy atom. The summed E-state index contributed by atoms with van der Waals surface area (Å²) in [6, 6.07) is 8.66. The Morgan fingerprint density at radius 2 is 2.05 bits per heavy atom. The molecule has 2 nitrogen and oxygen atoms in total. The fourth-order valence-corrected chi connectivity index (χ4v) is 2.45. The Hall–Kier alpha value is -1.13. The van der Waals surface area contributed by atoms with E-state index < -0.39 is 0 Å². The highest BCUT2D eigenvalue weighted by atomic mass is 79.9. The van der Waals surface area contributed by atoms with Crippen LogP contribution in [0.5, 0.6) is 0 Å². The minimum absolute atomic E-state index is 0.209. The van der Waals surface area contributed by atoms with Crippen molar-refractivity contribution in [3.05, 3.63) is 57.9 Å². The highest BCUT2D eigenvalue weighted by Gasteiger charge is 2.11. The van der Waals surface area contributed by atoms with E-state index in [1.807, 2.05) is 24.1 Å². The number of nitrogens with zero attached hydrogens (tertiary/aromatic N) is 2. The third kappa shape index (κ3) is 3.45. The second-order valence-electron chi connectivity index (χ2n) is 4.22. The number of rotatable bonds is 4. The quantitative estimate of drug-likeness (QED) is 0.767. The summed E-state index contributed by atoms with van der Waals surface area (Å²) in [4.78, 5) is 6.24. The molecule has 1 aromatic carbocycles. The van der Waals surface area contributed by atoms with Gasteiger partial charge in [-0.25, -0.2) is 9.37 Å². The molecule has 0 bridgehead atoms. The van der Waals surface area contributed by atoms with E-state index in [2.05, 4.69) is 20.9 Å². The zero-order chi connectivity index (χ0) is 13.8. The first-order valence-corrected chi connectivity index (χ1v) is 7.09. The molecule has 0 radical (unpaired) electrons. The van der Waals surface area contributed by atoms with E-state index in [1.165, 1.54) is 6.07 Å². The number of aromatic nitrogens is 1. The van der Waals surface area contributed by atoms with Gasteiger partial charge in [0.25, 0.3) is 0 Å². The Bertz CT molecular complexity index is 577. The summed E-state index contributed by atoms with van der Waals surface area (Å²) >= 11 is 9.29. The summed E-state index contributed by atoms with van der Waals surface area (Å²) in [5, 5.41) is 0. The molecule has 100 valence electrons. The SMILES string of the molecule is CN(Cc1ccccc1F)c1ncc(Br)cc1CCl. The van der Waals surface area contributed by atoms with E-state index in [0.29, 0.717) is 18.0 Å². The smallest absolute Gasteiger partial charge is 0.133 e. The van der Waals surface area contributed by atoms with Gasteiger partial charge in [0.05, 0.1) is 5.88 Å². The molecule has 0 aliphatic carbocycles. The van der Waals surface area contributed by atoms with E-state index in [4.69, 9.17) is 11.6 Å². The molecule has 0 aliphatic heterocycles. The van der Waals surface area contributed by atoms with E-state index in [9.17, 15) is 4.39 Å². The Morgan fingerprint density at radius 1 is 1.32 bits per heavy atom. The van der Waals surface area contributed by atoms with Crippen molar-refractivity contribution in [3.8, 4) is 0 Å². The average molecular weight is 344 g/mol. The molecule has 19 heavy (non-hydrogen) atoms. The maximum Gasteiger partial charge on any atom is 0.133 e. The summed E-state index contributed by atoms with van der Waals surface area (Å²) in [5.74, 6) is 0.920. The second-order valence-corrected chi connectivity index (χ2v) is 5.40. The van der Waals surface area contributed by atoms with Gasteiger partial charge >= 0.3 is 0 Å². The molecule has 0 fully saturated rings. The molecule has 0 aliphatic rings. The van der Waals surface area contributed by atoms with Crippen LogP contribution in [-0.2, 0) is 12.4 Å². The van der Waals surface area contributed by atoms with Crippen molar-refractivity contribution < 1.29 is 4.39 Å². The number of anilines is 1. The molecule has 0 atom stereocenters. The van der Waals surface area contributed by atoms with Gasteiger partial charge in [-0.05, 0) is 28.1 Å². The van der Waals surface area contributed by atoms with Crippen molar-refractivity contribution in [2.75, 3.05) is 11.9 Å². The maximum absolute atomic E-state index is 13.6. The van der Waals surface area contributed by atoms with Crippen molar-refractivity contribution in [2.24, 2.45) is 0 Å². The first-order chi connectivity index (χ1) is 9.11. The molecule has 2 aromatic rings. The van der Waals surface area contributed by atoms with Gasteiger partial charge in [-0.15, -0.1) is 11.6 Å². The first kappa shape index (κ1) is 14.3. The van der Waals surface area contributed by atoms with E-state index in [1.54, 1.807) is 18.3 Å². The minimum Gasteiger partial charge on any atom is -0.355 e. The van der Waals surface area contributed by atoms with Gasteiger partial charge in [0.1, 0.15) is 11.6 Å². The van der Waals surface area contributed by atoms with Crippen molar-refractivity contribution in [1.82, 2.24) is 4.98 Å². The Kier molecular flexibility index (Phi) is 4.77. The van der Waals surface area contributed by atoms with Crippen LogP contribution in [0.1, 0.15) is 11.1 Å². The van der Waals surface area contributed by atoms with Gasteiger partial charge in [-0.3, -0.25) is 0 Å². The topological polar surface area (TPSA) is 16.1 Å². The lowest BCUT2D eigenvalue weighted by Crippen LogP contribution is -2.20. The number of halogens is 3. The van der Waals surface area contributed by atoms with E-state index in [-0.39, 0.29) is 5.82 Å². The minimum atomic E-state index is -0.209. The highest BCUT2D eigenvalue weighted by Crippen LogP contribution is 2.24. The molecule has 1 aromatic heterocycles. The van der Waals surface area contributed by atoms with Crippen molar-refractivity contribution in [1.29, 1.82) is 0 Å². The number of benzene rings is 1. The molecule has 0 saturated heterocycles. The van der Waals surface area contributed by atoms with Gasteiger partial charge in [-0.1, -0.05) is 18.2 Å². The second kappa shape index (κ2) is 6.35. The van der Waals surface area contributed by atoms with Gasteiger partial charge in [0.15, 0.2) is 0 Å². The summed E-state index contributed by atoms with van der Waals surface area (Å²) in [6.45, 7) is 0.450. The summed E-state index contributed by atoms with van der Waals surface area (Å²) in [5.41, 5.74) is 1.55. The number of alkyl halides is 1. The van der Waals surface area contributed by atoms with Crippen LogP contribution in [0.2, 0.25) is 0 Å². The molecule has 2 rings (SSSR count). The molecule has 1 heterocycles. The monoisotopic (exact) mass is 342 g/mol. The molecule has 0 N–H and O–H groups in total. The van der Waals surface area contributed by atoms with Crippen LogP contribution in [0, 0.1) is 5.82 Å². The summed E-state index contributed by atoms with van der Waals surface area (Å²) < 4.78 is 14.5. The predicted molar refractivity (Wildman–Crippen MR) is 80.0 cm³/mol. The summed E-state index contributed by atoms with van der Waals surface area (Å²) in [7, 11) is 1.87. The van der Waals surface area contributed by atoms with E-state index in [0.717, 1.165) is 15.9 Å². The lowest BCUT2D eigenvalue weighted by molar-refractivity contribution is 0.607. The third-order valence-corrected chi connectivity index (χ3v) is 3.50. The van der Waals surface area contributed by atoms with Gasteiger partial charge in [0.2, 0.25) is 0 Å². The van der Waals surface area contributed by atoms with Crippen LogP contribution >= 0.6 is 27.5 Å². The predicted octanol–water partition coefficient (Wildman–Crippen LogP) is 4.36. The van der Waals surface area contributed by atoms with Crippen LogP contribution in [0.15, 0.2) is 41.0 Å². The maximum atomic E-state index is 13.6. The standard InChI is InChI=1S/C14H13BrClFN2/c1-19(9-10-4-2-3-5-13(10)17)14-11(7-16)6-12(15)8-18-14/h2-6,8H,7,9H2,1H3.